The average Bonchev–Trinajstić information content (AvgIpc) is 2.49. The van der Waals surface area contributed by atoms with Crippen LogP contribution in [0.4, 0.5) is 5.69 Å². The van der Waals surface area contributed by atoms with Crippen LogP contribution in [0.15, 0.2) is 48.5 Å². The molecule has 108 valence electrons. The van der Waals surface area contributed by atoms with Crippen molar-refractivity contribution in [2.45, 2.75) is 13.3 Å². The highest BCUT2D eigenvalue weighted by Crippen LogP contribution is 2.12. The minimum Gasteiger partial charge on any atom is -0.322 e. The van der Waals surface area contributed by atoms with Crippen LogP contribution >= 0.6 is 0 Å². The molecular formula is C16H16N2O3. The normalized spacial score (nSPS) is 10.0. The van der Waals surface area contributed by atoms with Gasteiger partial charge < -0.3 is 5.32 Å². The van der Waals surface area contributed by atoms with Crippen LogP contribution in [0.1, 0.15) is 21.5 Å². The third-order valence-corrected chi connectivity index (χ3v) is 3.01. The number of hydrogen-bond donors (Lipinski definition) is 3. The molecule has 0 saturated heterocycles. The summed E-state index contributed by atoms with van der Waals surface area (Å²) in [6.07, 6.45) is 0.0860. The zero-order valence-corrected chi connectivity index (χ0v) is 11.6. The first-order valence-corrected chi connectivity index (χ1v) is 6.48. The maximum Gasteiger partial charge on any atom is 0.255 e. The molecule has 0 unspecified atom stereocenters. The van der Waals surface area contributed by atoms with E-state index in [0.29, 0.717) is 11.3 Å². The molecule has 0 radical (unpaired) electrons. The van der Waals surface area contributed by atoms with Gasteiger partial charge in [0.2, 0.25) is 5.91 Å². The largest absolute Gasteiger partial charge is 0.322 e. The molecule has 3 N–H and O–H groups in total. The summed E-state index contributed by atoms with van der Waals surface area (Å²) in [4.78, 5) is 23.1. The number of hydrogen-bond acceptors (Lipinski definition) is 3. The smallest absolute Gasteiger partial charge is 0.255 e. The zero-order chi connectivity index (χ0) is 15.2. The van der Waals surface area contributed by atoms with Gasteiger partial charge in [0.25, 0.3) is 5.91 Å². The number of carbonyl (C=O) groups excluding carboxylic acids is 2. The van der Waals surface area contributed by atoms with Crippen molar-refractivity contribution in [3.05, 3.63) is 65.2 Å². The summed E-state index contributed by atoms with van der Waals surface area (Å²) in [5.41, 5.74) is 4.65. The first-order chi connectivity index (χ1) is 10.1. The van der Waals surface area contributed by atoms with Gasteiger partial charge in [-0.1, -0.05) is 29.8 Å². The number of hydroxylamine groups is 1. The quantitative estimate of drug-likeness (QED) is 0.595. The van der Waals surface area contributed by atoms with E-state index in [1.54, 1.807) is 41.9 Å². The van der Waals surface area contributed by atoms with E-state index in [1.165, 1.54) is 0 Å². The number of rotatable bonds is 4. The fourth-order valence-corrected chi connectivity index (χ4v) is 1.84. The van der Waals surface area contributed by atoms with Gasteiger partial charge >= 0.3 is 0 Å². The Morgan fingerprint density at radius 2 is 1.62 bits per heavy atom. The van der Waals surface area contributed by atoms with Crippen LogP contribution in [-0.2, 0) is 11.2 Å². The van der Waals surface area contributed by atoms with E-state index in [1.807, 2.05) is 19.1 Å². The Bertz CT molecular complexity index is 634. The van der Waals surface area contributed by atoms with Crippen LogP contribution in [0, 0.1) is 6.92 Å². The Morgan fingerprint density at radius 1 is 1.00 bits per heavy atom. The topological polar surface area (TPSA) is 78.4 Å². The summed E-state index contributed by atoms with van der Waals surface area (Å²) in [6.45, 7) is 1.96. The Labute approximate surface area is 122 Å². The summed E-state index contributed by atoms with van der Waals surface area (Å²) in [7, 11) is 0. The molecule has 0 aliphatic carbocycles. The second-order valence-corrected chi connectivity index (χ2v) is 4.73. The van der Waals surface area contributed by atoms with Crippen molar-refractivity contribution in [3.8, 4) is 0 Å². The van der Waals surface area contributed by atoms with E-state index in [9.17, 15) is 9.59 Å². The zero-order valence-electron chi connectivity index (χ0n) is 11.6. The molecule has 0 aliphatic heterocycles. The van der Waals surface area contributed by atoms with Gasteiger partial charge in [-0.2, -0.15) is 0 Å². The van der Waals surface area contributed by atoms with E-state index in [-0.39, 0.29) is 12.3 Å². The number of benzene rings is 2. The molecule has 0 aromatic heterocycles. The molecule has 21 heavy (non-hydrogen) atoms. The maximum atomic E-state index is 12.0. The maximum absolute atomic E-state index is 12.0. The van der Waals surface area contributed by atoms with Gasteiger partial charge in [0.05, 0.1) is 6.42 Å². The van der Waals surface area contributed by atoms with Crippen LogP contribution in [0.25, 0.3) is 0 Å². The van der Waals surface area contributed by atoms with Gasteiger partial charge in [0.1, 0.15) is 0 Å². The summed E-state index contributed by atoms with van der Waals surface area (Å²) in [5.74, 6) is -0.665. The fourth-order valence-electron chi connectivity index (χ4n) is 1.84. The number of aryl methyl sites for hydroxylation is 1. The molecule has 0 bridgehead atoms. The van der Waals surface area contributed by atoms with E-state index in [2.05, 4.69) is 5.32 Å². The second-order valence-electron chi connectivity index (χ2n) is 4.73. The van der Waals surface area contributed by atoms with Crippen LogP contribution < -0.4 is 10.8 Å². The van der Waals surface area contributed by atoms with Crippen molar-refractivity contribution in [1.82, 2.24) is 5.48 Å². The summed E-state index contributed by atoms with van der Waals surface area (Å²) < 4.78 is 0. The average molecular weight is 284 g/mol. The molecule has 2 rings (SSSR count). The van der Waals surface area contributed by atoms with E-state index in [4.69, 9.17) is 5.21 Å². The molecule has 2 aromatic carbocycles. The highest BCUT2D eigenvalue weighted by Gasteiger charge is 2.06. The Balaban J connectivity index is 2.01. The first kappa shape index (κ1) is 14.7. The van der Waals surface area contributed by atoms with Crippen molar-refractivity contribution in [1.29, 1.82) is 0 Å². The minimum atomic E-state index is -0.480. The predicted octanol–water partition coefficient (Wildman–Crippen LogP) is 2.30. The molecule has 2 aromatic rings. The van der Waals surface area contributed by atoms with Gasteiger partial charge in [0.15, 0.2) is 0 Å². The van der Waals surface area contributed by atoms with Gasteiger partial charge in [-0.25, -0.2) is 5.48 Å². The summed E-state index contributed by atoms with van der Waals surface area (Å²) in [5, 5.41) is 11.2. The molecule has 2 amide bonds. The SMILES string of the molecule is Cc1ccc(C(=O)Nc2ccc(CC(=O)NO)cc2)cc1. The molecule has 0 aliphatic rings. The Kier molecular flexibility index (Phi) is 4.68. The number of anilines is 1. The third-order valence-electron chi connectivity index (χ3n) is 3.01. The lowest BCUT2D eigenvalue weighted by molar-refractivity contribution is -0.128. The van der Waals surface area contributed by atoms with E-state index in [0.717, 1.165) is 11.1 Å². The third kappa shape index (κ3) is 4.15. The molecule has 0 saturated carbocycles. The number of amides is 2. The lowest BCUT2D eigenvalue weighted by Crippen LogP contribution is -2.20. The predicted molar refractivity (Wildman–Crippen MR) is 79.2 cm³/mol. The van der Waals surface area contributed by atoms with Crippen molar-refractivity contribution in [3.63, 3.8) is 0 Å². The standard InChI is InChI=1S/C16H16N2O3/c1-11-2-6-13(7-3-11)16(20)17-14-8-4-12(5-9-14)10-15(19)18-21/h2-9,21H,10H2,1H3,(H,17,20)(H,18,19). The highest BCUT2D eigenvalue weighted by atomic mass is 16.5. The minimum absolute atomic E-state index is 0.0860. The Morgan fingerprint density at radius 3 is 2.19 bits per heavy atom. The van der Waals surface area contributed by atoms with E-state index < -0.39 is 5.91 Å². The number of carbonyl (C=O) groups is 2. The lowest BCUT2D eigenvalue weighted by atomic mass is 10.1. The fraction of sp³-hybridized carbons (Fsp3) is 0.125. The van der Waals surface area contributed by atoms with Crippen LogP contribution in [0.5, 0.6) is 0 Å². The molecule has 0 heterocycles. The van der Waals surface area contributed by atoms with Gasteiger partial charge in [-0.15, -0.1) is 0 Å². The number of nitrogens with one attached hydrogen (secondary N) is 2. The van der Waals surface area contributed by atoms with Gasteiger partial charge in [-0.05, 0) is 36.8 Å². The molecule has 5 nitrogen and oxygen atoms in total. The molecular weight excluding hydrogens is 268 g/mol. The second kappa shape index (κ2) is 6.67. The molecule has 0 spiro atoms. The van der Waals surface area contributed by atoms with Crippen LogP contribution in [0.3, 0.4) is 0 Å². The van der Waals surface area contributed by atoms with Crippen molar-refractivity contribution in [2.75, 3.05) is 5.32 Å². The van der Waals surface area contributed by atoms with Gasteiger partial charge in [-0.3, -0.25) is 14.8 Å². The first-order valence-electron chi connectivity index (χ1n) is 6.48. The van der Waals surface area contributed by atoms with Crippen molar-refractivity contribution >= 4 is 17.5 Å². The molecule has 5 heteroatoms. The Hall–Kier alpha value is -2.66. The lowest BCUT2D eigenvalue weighted by Gasteiger charge is -2.06. The van der Waals surface area contributed by atoms with Crippen LogP contribution in [-0.4, -0.2) is 17.0 Å². The van der Waals surface area contributed by atoms with Crippen molar-refractivity contribution in [2.24, 2.45) is 0 Å². The highest BCUT2D eigenvalue weighted by molar-refractivity contribution is 6.04. The van der Waals surface area contributed by atoms with Gasteiger partial charge in [0, 0.05) is 11.3 Å². The summed E-state index contributed by atoms with van der Waals surface area (Å²) >= 11 is 0. The van der Waals surface area contributed by atoms with Crippen molar-refractivity contribution < 1.29 is 14.8 Å². The van der Waals surface area contributed by atoms with E-state index >= 15 is 0 Å². The molecule has 0 fully saturated rings. The molecule has 0 atom stereocenters. The summed E-state index contributed by atoms with van der Waals surface area (Å²) in [6, 6.07) is 14.2. The van der Waals surface area contributed by atoms with Crippen LogP contribution in [0.2, 0.25) is 0 Å². The monoisotopic (exact) mass is 284 g/mol.